The zero-order valence-electron chi connectivity index (χ0n) is 11.8. The molecule has 0 aliphatic carbocycles. The Kier molecular flexibility index (Phi) is 4.34. The third-order valence-corrected chi connectivity index (χ3v) is 2.95. The average Bonchev–Trinajstić information content (AvgIpc) is 2.46. The molecule has 0 radical (unpaired) electrons. The molecular formula is C13H12F3N5O2. The van der Waals surface area contributed by atoms with Crippen molar-refractivity contribution in [3.63, 3.8) is 0 Å². The first-order valence-corrected chi connectivity index (χ1v) is 6.39. The Morgan fingerprint density at radius 2 is 2.04 bits per heavy atom. The fourth-order valence-corrected chi connectivity index (χ4v) is 1.83. The predicted octanol–water partition coefficient (Wildman–Crippen LogP) is 1.26. The first-order chi connectivity index (χ1) is 10.7. The van der Waals surface area contributed by atoms with Crippen LogP contribution in [-0.4, -0.2) is 21.1 Å². The number of hydrogen-bond acceptors (Lipinski definition) is 5. The quantitative estimate of drug-likeness (QED) is 0.785. The van der Waals surface area contributed by atoms with Gasteiger partial charge >= 0.3 is 6.18 Å². The number of carbonyl (C=O) groups excluding carboxylic acids is 1. The minimum absolute atomic E-state index is 0.112. The number of H-pyrrole nitrogens is 1. The van der Waals surface area contributed by atoms with Gasteiger partial charge in [-0.1, -0.05) is 6.07 Å². The third-order valence-electron chi connectivity index (χ3n) is 2.95. The SMILES string of the molecule is CC(NC(=O)c1cccc(C(F)(F)F)c1)c1nnc(N)[nH]c1=O. The Morgan fingerprint density at radius 1 is 1.35 bits per heavy atom. The summed E-state index contributed by atoms with van der Waals surface area (Å²) in [6, 6.07) is 3.07. The van der Waals surface area contributed by atoms with Crippen LogP contribution in [0.3, 0.4) is 0 Å². The van der Waals surface area contributed by atoms with Crippen LogP contribution in [0.15, 0.2) is 29.1 Å². The molecule has 1 atom stereocenters. The summed E-state index contributed by atoms with van der Waals surface area (Å²) < 4.78 is 37.9. The van der Waals surface area contributed by atoms with Crippen molar-refractivity contribution in [2.24, 2.45) is 0 Å². The van der Waals surface area contributed by atoms with Crippen LogP contribution in [0.25, 0.3) is 0 Å². The second-order valence-electron chi connectivity index (χ2n) is 4.70. The zero-order chi connectivity index (χ0) is 17.2. The fraction of sp³-hybridized carbons (Fsp3) is 0.231. The Morgan fingerprint density at radius 3 is 2.65 bits per heavy atom. The van der Waals surface area contributed by atoms with E-state index >= 15 is 0 Å². The number of rotatable bonds is 3. The number of anilines is 1. The lowest BCUT2D eigenvalue weighted by Gasteiger charge is -2.13. The molecule has 1 heterocycles. The Labute approximate surface area is 127 Å². The number of alkyl halides is 3. The second kappa shape index (κ2) is 6.07. The highest BCUT2D eigenvalue weighted by Gasteiger charge is 2.31. The lowest BCUT2D eigenvalue weighted by Crippen LogP contribution is -2.32. The van der Waals surface area contributed by atoms with Crippen LogP contribution in [0.5, 0.6) is 0 Å². The highest BCUT2D eigenvalue weighted by atomic mass is 19.4. The van der Waals surface area contributed by atoms with Gasteiger partial charge in [0.2, 0.25) is 5.95 Å². The highest BCUT2D eigenvalue weighted by molar-refractivity contribution is 5.94. The summed E-state index contributed by atoms with van der Waals surface area (Å²) in [5, 5.41) is 9.41. The van der Waals surface area contributed by atoms with Gasteiger partial charge in [-0.15, -0.1) is 10.2 Å². The van der Waals surface area contributed by atoms with Crippen molar-refractivity contribution in [3.05, 3.63) is 51.4 Å². The van der Waals surface area contributed by atoms with Gasteiger partial charge in [-0.2, -0.15) is 13.2 Å². The Hall–Kier alpha value is -2.91. The number of carbonyl (C=O) groups is 1. The Balaban J connectivity index is 2.20. The van der Waals surface area contributed by atoms with Crippen molar-refractivity contribution in [1.29, 1.82) is 0 Å². The molecule has 0 saturated heterocycles. The van der Waals surface area contributed by atoms with Gasteiger partial charge in [-0.05, 0) is 25.1 Å². The summed E-state index contributed by atoms with van der Waals surface area (Å²) >= 11 is 0. The van der Waals surface area contributed by atoms with Crippen LogP contribution in [0.2, 0.25) is 0 Å². The standard InChI is InChI=1S/C13H12F3N5O2/c1-6(9-11(23)19-12(17)21-20-9)18-10(22)7-3-2-4-8(5-7)13(14,15)16/h2-6H,1H3,(H,18,22)(H3,17,19,21,23). The molecule has 1 amide bonds. The molecule has 4 N–H and O–H groups in total. The number of hydrogen-bond donors (Lipinski definition) is 3. The van der Waals surface area contributed by atoms with Gasteiger partial charge in [0.15, 0.2) is 5.69 Å². The van der Waals surface area contributed by atoms with E-state index < -0.39 is 29.2 Å². The van der Waals surface area contributed by atoms with Crippen molar-refractivity contribution in [3.8, 4) is 0 Å². The minimum Gasteiger partial charge on any atom is -0.368 e. The van der Waals surface area contributed by atoms with Crippen LogP contribution >= 0.6 is 0 Å². The molecule has 0 bridgehead atoms. The smallest absolute Gasteiger partial charge is 0.368 e. The van der Waals surface area contributed by atoms with Gasteiger partial charge in [0.05, 0.1) is 11.6 Å². The molecule has 2 rings (SSSR count). The number of aromatic amines is 1. The van der Waals surface area contributed by atoms with E-state index in [-0.39, 0.29) is 17.2 Å². The minimum atomic E-state index is -4.55. The molecule has 1 aromatic carbocycles. The molecule has 2 aromatic rings. The van der Waals surface area contributed by atoms with E-state index in [1.165, 1.54) is 13.0 Å². The summed E-state index contributed by atoms with van der Waals surface area (Å²) in [7, 11) is 0. The summed E-state index contributed by atoms with van der Waals surface area (Å²) in [6.45, 7) is 1.45. The monoisotopic (exact) mass is 327 g/mol. The lowest BCUT2D eigenvalue weighted by atomic mass is 10.1. The third kappa shape index (κ3) is 3.84. The number of benzene rings is 1. The zero-order valence-corrected chi connectivity index (χ0v) is 11.8. The Bertz CT molecular complexity index is 788. The van der Waals surface area contributed by atoms with Crippen molar-refractivity contribution in [2.75, 3.05) is 5.73 Å². The number of nitrogens with zero attached hydrogens (tertiary/aromatic N) is 2. The molecule has 23 heavy (non-hydrogen) atoms. The summed E-state index contributed by atoms with van der Waals surface area (Å²) in [5.74, 6) is -0.961. The van der Waals surface area contributed by atoms with Crippen molar-refractivity contribution in [2.45, 2.75) is 19.1 Å². The first-order valence-electron chi connectivity index (χ1n) is 6.39. The maximum atomic E-state index is 12.6. The number of nitrogens with two attached hydrogens (primary N) is 1. The molecule has 0 fully saturated rings. The van der Waals surface area contributed by atoms with E-state index in [0.29, 0.717) is 0 Å². The van der Waals surface area contributed by atoms with Gasteiger partial charge in [0, 0.05) is 5.56 Å². The number of halogens is 3. The molecule has 0 spiro atoms. The second-order valence-corrected chi connectivity index (χ2v) is 4.70. The molecule has 0 saturated carbocycles. The molecular weight excluding hydrogens is 315 g/mol. The van der Waals surface area contributed by atoms with Crippen LogP contribution in [0, 0.1) is 0 Å². The summed E-state index contributed by atoms with van der Waals surface area (Å²) in [6.07, 6.45) is -4.55. The number of nitrogen functional groups attached to an aromatic ring is 1. The number of aromatic nitrogens is 3. The van der Waals surface area contributed by atoms with E-state index in [9.17, 15) is 22.8 Å². The predicted molar refractivity (Wildman–Crippen MR) is 74.4 cm³/mol. The molecule has 10 heteroatoms. The van der Waals surface area contributed by atoms with Crippen molar-refractivity contribution < 1.29 is 18.0 Å². The van der Waals surface area contributed by atoms with Gasteiger partial charge in [0.25, 0.3) is 11.5 Å². The highest BCUT2D eigenvalue weighted by Crippen LogP contribution is 2.29. The fourth-order valence-electron chi connectivity index (χ4n) is 1.83. The largest absolute Gasteiger partial charge is 0.416 e. The van der Waals surface area contributed by atoms with Crippen molar-refractivity contribution >= 4 is 11.9 Å². The van der Waals surface area contributed by atoms with Crippen LogP contribution in [0.1, 0.15) is 34.6 Å². The summed E-state index contributed by atoms with van der Waals surface area (Å²) in [4.78, 5) is 25.9. The topological polar surface area (TPSA) is 114 Å². The van der Waals surface area contributed by atoms with Gasteiger partial charge < -0.3 is 11.1 Å². The maximum absolute atomic E-state index is 12.6. The number of amides is 1. The lowest BCUT2D eigenvalue weighted by molar-refractivity contribution is -0.137. The molecule has 122 valence electrons. The van der Waals surface area contributed by atoms with Crippen LogP contribution < -0.4 is 16.6 Å². The van der Waals surface area contributed by atoms with Gasteiger partial charge in [-0.3, -0.25) is 14.6 Å². The van der Waals surface area contributed by atoms with Gasteiger partial charge in [-0.25, -0.2) is 0 Å². The van der Waals surface area contributed by atoms with Crippen molar-refractivity contribution in [1.82, 2.24) is 20.5 Å². The molecule has 0 aliphatic heterocycles. The van der Waals surface area contributed by atoms with E-state index in [0.717, 1.165) is 18.2 Å². The molecule has 1 aromatic heterocycles. The summed E-state index contributed by atoms with van der Waals surface area (Å²) in [5.41, 5.74) is 3.37. The number of nitrogens with one attached hydrogen (secondary N) is 2. The van der Waals surface area contributed by atoms with E-state index in [1.54, 1.807) is 0 Å². The van der Waals surface area contributed by atoms with Crippen LogP contribution in [-0.2, 0) is 6.18 Å². The normalized spacial score (nSPS) is 12.7. The molecule has 7 nitrogen and oxygen atoms in total. The average molecular weight is 327 g/mol. The molecule has 0 aliphatic rings. The molecule has 1 unspecified atom stereocenters. The van der Waals surface area contributed by atoms with E-state index in [4.69, 9.17) is 5.73 Å². The van der Waals surface area contributed by atoms with E-state index in [2.05, 4.69) is 20.5 Å². The van der Waals surface area contributed by atoms with Gasteiger partial charge in [0.1, 0.15) is 0 Å². The van der Waals surface area contributed by atoms with Crippen LogP contribution in [0.4, 0.5) is 19.1 Å². The first kappa shape index (κ1) is 16.5. The van der Waals surface area contributed by atoms with E-state index in [1.807, 2.05) is 0 Å². The maximum Gasteiger partial charge on any atom is 0.416 e.